The van der Waals surface area contributed by atoms with E-state index in [-0.39, 0.29) is 6.03 Å². The van der Waals surface area contributed by atoms with Gasteiger partial charge in [0.1, 0.15) is 0 Å². The topological polar surface area (TPSA) is 44.8 Å². The quantitative estimate of drug-likeness (QED) is 0.783. The van der Waals surface area contributed by atoms with Gasteiger partial charge >= 0.3 is 6.03 Å². The third-order valence-corrected chi connectivity index (χ3v) is 3.80. The Bertz CT molecular complexity index is 258. The van der Waals surface area contributed by atoms with E-state index in [1.807, 2.05) is 11.8 Å². The van der Waals surface area contributed by atoms with Gasteiger partial charge in [-0.15, -0.1) is 0 Å². The molecule has 17 heavy (non-hydrogen) atoms. The maximum Gasteiger partial charge on any atom is 0.317 e. The molecule has 0 spiro atoms. The van der Waals surface area contributed by atoms with Gasteiger partial charge in [0.2, 0.25) is 0 Å². The molecule has 0 aliphatic carbocycles. The molecule has 5 heteroatoms. The zero-order valence-corrected chi connectivity index (χ0v) is 10.8. The molecule has 0 radical (unpaired) electrons. The van der Waals surface area contributed by atoms with Gasteiger partial charge in [-0.2, -0.15) is 0 Å². The predicted octanol–water partition coefficient (Wildman–Crippen LogP) is 0.511. The molecule has 98 valence electrons. The number of likely N-dealkylation sites (tertiary alicyclic amines) is 2. The summed E-state index contributed by atoms with van der Waals surface area (Å²) >= 11 is 0. The summed E-state index contributed by atoms with van der Waals surface area (Å²) in [7, 11) is 1.79. The van der Waals surface area contributed by atoms with Crippen LogP contribution in [0.15, 0.2) is 0 Å². The second-order valence-electron chi connectivity index (χ2n) is 4.87. The van der Waals surface area contributed by atoms with Gasteiger partial charge in [-0.3, -0.25) is 4.90 Å². The highest BCUT2D eigenvalue weighted by Gasteiger charge is 2.36. The van der Waals surface area contributed by atoms with E-state index in [1.165, 1.54) is 0 Å². The summed E-state index contributed by atoms with van der Waals surface area (Å²) in [6, 6.07) is 0.644. The summed E-state index contributed by atoms with van der Waals surface area (Å²) in [6.45, 7) is 6.62. The molecule has 2 saturated heterocycles. The lowest BCUT2D eigenvalue weighted by Gasteiger charge is -2.47. The van der Waals surface area contributed by atoms with Crippen molar-refractivity contribution in [2.75, 3.05) is 39.8 Å². The molecule has 2 amide bonds. The van der Waals surface area contributed by atoms with Crippen LogP contribution in [-0.4, -0.2) is 67.8 Å². The third kappa shape index (κ3) is 2.90. The average molecular weight is 241 g/mol. The van der Waals surface area contributed by atoms with Crippen LogP contribution >= 0.6 is 0 Å². The first-order chi connectivity index (χ1) is 8.24. The minimum Gasteiger partial charge on any atom is -0.381 e. The zero-order valence-electron chi connectivity index (χ0n) is 10.8. The van der Waals surface area contributed by atoms with Gasteiger partial charge in [-0.25, -0.2) is 4.79 Å². The molecule has 2 aliphatic rings. The first kappa shape index (κ1) is 12.6. The monoisotopic (exact) mass is 241 g/mol. The van der Waals surface area contributed by atoms with E-state index in [2.05, 4.69) is 10.2 Å². The SMILES string of the molecule is CCNC(=O)N1CC(N2CCC(OC)CC2)C1. The molecular formula is C12H23N3O2. The van der Waals surface area contributed by atoms with Gasteiger partial charge in [0.15, 0.2) is 0 Å². The van der Waals surface area contributed by atoms with E-state index >= 15 is 0 Å². The van der Waals surface area contributed by atoms with Gasteiger partial charge in [-0.1, -0.05) is 0 Å². The summed E-state index contributed by atoms with van der Waals surface area (Å²) in [5.74, 6) is 0. The molecule has 0 saturated carbocycles. The Kier molecular flexibility index (Phi) is 4.23. The van der Waals surface area contributed by atoms with Gasteiger partial charge in [0.25, 0.3) is 0 Å². The van der Waals surface area contributed by atoms with E-state index in [0.29, 0.717) is 18.7 Å². The van der Waals surface area contributed by atoms with Crippen LogP contribution in [0.25, 0.3) is 0 Å². The molecule has 5 nitrogen and oxygen atoms in total. The van der Waals surface area contributed by atoms with Crippen molar-refractivity contribution in [1.29, 1.82) is 0 Å². The Hall–Kier alpha value is -0.810. The normalized spacial score (nSPS) is 23.5. The smallest absolute Gasteiger partial charge is 0.317 e. The molecule has 2 rings (SSSR count). The minimum absolute atomic E-state index is 0.0792. The highest BCUT2D eigenvalue weighted by atomic mass is 16.5. The summed E-state index contributed by atoms with van der Waals surface area (Å²) in [6.07, 6.45) is 2.67. The van der Waals surface area contributed by atoms with Crippen molar-refractivity contribution < 1.29 is 9.53 Å². The zero-order chi connectivity index (χ0) is 12.3. The lowest BCUT2D eigenvalue weighted by atomic mass is 10.0. The molecule has 0 aromatic rings. The molecule has 0 aromatic heterocycles. The Labute approximate surface area is 103 Å². The second-order valence-corrected chi connectivity index (χ2v) is 4.87. The van der Waals surface area contributed by atoms with E-state index in [9.17, 15) is 4.79 Å². The molecule has 2 heterocycles. The molecule has 0 unspecified atom stereocenters. The van der Waals surface area contributed by atoms with Crippen LogP contribution < -0.4 is 5.32 Å². The summed E-state index contributed by atoms with van der Waals surface area (Å²) < 4.78 is 5.36. The van der Waals surface area contributed by atoms with Crippen molar-refractivity contribution in [1.82, 2.24) is 15.1 Å². The fraction of sp³-hybridized carbons (Fsp3) is 0.917. The number of hydrogen-bond donors (Lipinski definition) is 1. The molecule has 2 fully saturated rings. The molecule has 0 bridgehead atoms. The number of hydrogen-bond acceptors (Lipinski definition) is 3. The number of carbonyl (C=O) groups excluding carboxylic acids is 1. The highest BCUT2D eigenvalue weighted by molar-refractivity contribution is 5.75. The van der Waals surface area contributed by atoms with Crippen LogP contribution in [-0.2, 0) is 4.74 Å². The van der Waals surface area contributed by atoms with Crippen molar-refractivity contribution in [3.63, 3.8) is 0 Å². The number of amides is 2. The largest absolute Gasteiger partial charge is 0.381 e. The summed E-state index contributed by atoms with van der Waals surface area (Å²) in [4.78, 5) is 15.9. The number of ether oxygens (including phenoxy) is 1. The van der Waals surface area contributed by atoms with Crippen LogP contribution in [0.4, 0.5) is 4.79 Å². The maximum atomic E-state index is 11.5. The number of urea groups is 1. The molecule has 0 aromatic carbocycles. The van der Waals surface area contributed by atoms with Gasteiger partial charge in [-0.05, 0) is 19.8 Å². The van der Waals surface area contributed by atoms with Crippen molar-refractivity contribution >= 4 is 6.03 Å². The second kappa shape index (κ2) is 5.69. The van der Waals surface area contributed by atoms with Crippen molar-refractivity contribution in [3.05, 3.63) is 0 Å². The van der Waals surface area contributed by atoms with Crippen LogP contribution in [0.5, 0.6) is 0 Å². The maximum absolute atomic E-state index is 11.5. The lowest BCUT2D eigenvalue weighted by Crippen LogP contribution is -2.64. The predicted molar refractivity (Wildman–Crippen MR) is 66.0 cm³/mol. The van der Waals surface area contributed by atoms with Gasteiger partial charge < -0.3 is 15.0 Å². The van der Waals surface area contributed by atoms with Crippen LogP contribution in [0.1, 0.15) is 19.8 Å². The lowest BCUT2D eigenvalue weighted by molar-refractivity contribution is -0.00509. The average Bonchev–Trinajstić information content (AvgIpc) is 2.28. The number of nitrogens with zero attached hydrogens (tertiary/aromatic N) is 2. The van der Waals surface area contributed by atoms with Gasteiger partial charge in [0, 0.05) is 45.9 Å². The van der Waals surface area contributed by atoms with E-state index in [0.717, 1.165) is 39.0 Å². The molecule has 2 aliphatic heterocycles. The summed E-state index contributed by atoms with van der Waals surface area (Å²) in [5, 5.41) is 2.84. The van der Waals surface area contributed by atoms with E-state index in [4.69, 9.17) is 4.74 Å². The summed E-state index contributed by atoms with van der Waals surface area (Å²) in [5.41, 5.74) is 0. The Morgan fingerprint density at radius 2 is 2.00 bits per heavy atom. The van der Waals surface area contributed by atoms with Crippen molar-refractivity contribution in [2.45, 2.75) is 31.9 Å². The third-order valence-electron chi connectivity index (χ3n) is 3.80. The molecular weight excluding hydrogens is 218 g/mol. The van der Waals surface area contributed by atoms with Crippen LogP contribution in [0, 0.1) is 0 Å². The first-order valence-electron chi connectivity index (χ1n) is 6.54. The minimum atomic E-state index is 0.0792. The molecule has 1 N–H and O–H groups in total. The number of nitrogens with one attached hydrogen (secondary N) is 1. The van der Waals surface area contributed by atoms with E-state index < -0.39 is 0 Å². The van der Waals surface area contributed by atoms with Crippen molar-refractivity contribution in [3.8, 4) is 0 Å². The first-order valence-corrected chi connectivity index (χ1v) is 6.54. The number of carbonyl (C=O) groups is 1. The Morgan fingerprint density at radius 1 is 1.35 bits per heavy atom. The number of piperidine rings is 1. The van der Waals surface area contributed by atoms with Crippen LogP contribution in [0.3, 0.4) is 0 Å². The standard InChI is InChI=1S/C12H23N3O2/c1-3-13-12(16)15-8-10(9-15)14-6-4-11(17-2)5-7-14/h10-11H,3-9H2,1-2H3,(H,13,16). The van der Waals surface area contributed by atoms with Crippen LogP contribution in [0.2, 0.25) is 0 Å². The number of rotatable bonds is 3. The molecule has 0 atom stereocenters. The Balaban J connectivity index is 1.68. The van der Waals surface area contributed by atoms with Gasteiger partial charge in [0.05, 0.1) is 6.10 Å². The highest BCUT2D eigenvalue weighted by Crippen LogP contribution is 2.21. The van der Waals surface area contributed by atoms with Crippen molar-refractivity contribution in [2.24, 2.45) is 0 Å². The Morgan fingerprint density at radius 3 is 2.53 bits per heavy atom. The number of methoxy groups -OCH3 is 1. The fourth-order valence-electron chi connectivity index (χ4n) is 2.59. The van der Waals surface area contributed by atoms with E-state index in [1.54, 1.807) is 7.11 Å². The fourth-order valence-corrected chi connectivity index (χ4v) is 2.59.